The summed E-state index contributed by atoms with van der Waals surface area (Å²) in [4.78, 5) is 12.1. The van der Waals surface area contributed by atoms with Gasteiger partial charge in [0.15, 0.2) is 0 Å². The summed E-state index contributed by atoms with van der Waals surface area (Å²) in [6.07, 6.45) is 1.40. The summed E-state index contributed by atoms with van der Waals surface area (Å²) in [6, 6.07) is 8.97. The van der Waals surface area contributed by atoms with Crippen LogP contribution in [0.25, 0.3) is 11.3 Å². The molecular weight excluding hydrogens is 290 g/mol. The van der Waals surface area contributed by atoms with Crippen LogP contribution < -0.4 is 5.32 Å². The highest BCUT2D eigenvalue weighted by atomic mass is 35.5. The van der Waals surface area contributed by atoms with Gasteiger partial charge in [-0.25, -0.2) is 0 Å². The molecule has 1 unspecified atom stereocenters. The molecule has 2 rings (SSSR count). The number of carbonyl (C=O) groups is 1. The number of rotatable bonds is 6. The zero-order valence-corrected chi connectivity index (χ0v) is 12.5. The average Bonchev–Trinajstić information content (AvgIpc) is 2.96. The van der Waals surface area contributed by atoms with Crippen LogP contribution in [0.15, 0.2) is 30.3 Å². The van der Waals surface area contributed by atoms with Crippen molar-refractivity contribution in [1.29, 1.82) is 0 Å². The number of nitrogens with one attached hydrogen (secondary N) is 2. The zero-order valence-electron chi connectivity index (χ0n) is 11.8. The molecule has 0 aliphatic heterocycles. The molecule has 21 heavy (non-hydrogen) atoms. The van der Waals surface area contributed by atoms with Crippen LogP contribution in [-0.2, 0) is 0 Å². The zero-order chi connectivity index (χ0) is 15.2. The summed E-state index contributed by atoms with van der Waals surface area (Å²) < 4.78 is 0. The molecule has 1 heterocycles. The number of carbonyl (C=O) groups excluding carboxylic acids is 1. The summed E-state index contributed by atoms with van der Waals surface area (Å²) >= 11 is 5.84. The molecule has 0 bridgehead atoms. The fraction of sp³-hybridized carbons (Fsp3) is 0.333. The van der Waals surface area contributed by atoms with E-state index in [1.54, 1.807) is 18.2 Å². The number of H-pyrrole nitrogens is 1. The summed E-state index contributed by atoms with van der Waals surface area (Å²) in [5, 5.41) is 19.2. The van der Waals surface area contributed by atoms with Crippen molar-refractivity contribution in [2.24, 2.45) is 0 Å². The maximum absolute atomic E-state index is 12.1. The fourth-order valence-electron chi connectivity index (χ4n) is 1.98. The van der Waals surface area contributed by atoms with Gasteiger partial charge >= 0.3 is 0 Å². The van der Waals surface area contributed by atoms with Crippen molar-refractivity contribution in [3.63, 3.8) is 0 Å². The van der Waals surface area contributed by atoms with Crippen molar-refractivity contribution >= 4 is 17.5 Å². The van der Waals surface area contributed by atoms with Crippen LogP contribution in [0.3, 0.4) is 0 Å². The van der Waals surface area contributed by atoms with Gasteiger partial charge in [0, 0.05) is 23.2 Å². The van der Waals surface area contributed by atoms with Gasteiger partial charge in [0.25, 0.3) is 5.91 Å². The first-order valence-corrected chi connectivity index (χ1v) is 7.21. The molecule has 0 spiro atoms. The lowest BCUT2D eigenvalue weighted by atomic mass is 10.1. The molecular formula is C15H18ClN3O2. The van der Waals surface area contributed by atoms with E-state index in [4.69, 9.17) is 16.7 Å². The summed E-state index contributed by atoms with van der Waals surface area (Å²) in [5.41, 5.74) is 2.00. The largest absolute Gasteiger partial charge is 0.396 e. The third-order valence-corrected chi connectivity index (χ3v) is 3.39. The van der Waals surface area contributed by atoms with Gasteiger partial charge in [-0.05, 0) is 38.0 Å². The molecule has 1 amide bonds. The minimum atomic E-state index is -0.201. The van der Waals surface area contributed by atoms with Crippen molar-refractivity contribution < 1.29 is 9.90 Å². The molecule has 0 radical (unpaired) electrons. The minimum Gasteiger partial charge on any atom is -0.396 e. The first kappa shape index (κ1) is 15.5. The Kier molecular flexibility index (Phi) is 5.36. The minimum absolute atomic E-state index is 0.00642. The molecule has 6 heteroatoms. The first-order valence-electron chi connectivity index (χ1n) is 6.83. The number of amides is 1. The van der Waals surface area contributed by atoms with Gasteiger partial charge in [-0.1, -0.05) is 23.7 Å². The van der Waals surface area contributed by atoms with E-state index < -0.39 is 0 Å². The van der Waals surface area contributed by atoms with E-state index in [1.165, 1.54) is 0 Å². The fourth-order valence-corrected chi connectivity index (χ4v) is 2.10. The number of halogens is 1. The van der Waals surface area contributed by atoms with Crippen LogP contribution in [0, 0.1) is 0 Å². The van der Waals surface area contributed by atoms with Crippen LogP contribution in [-0.4, -0.2) is 33.9 Å². The van der Waals surface area contributed by atoms with Crippen LogP contribution in [0.1, 0.15) is 30.3 Å². The summed E-state index contributed by atoms with van der Waals surface area (Å²) in [6.45, 7) is 2.04. The predicted octanol–water partition coefficient (Wildman–Crippen LogP) is 2.62. The van der Waals surface area contributed by atoms with E-state index in [0.717, 1.165) is 12.0 Å². The molecule has 5 nitrogen and oxygen atoms in total. The van der Waals surface area contributed by atoms with E-state index in [1.807, 2.05) is 19.1 Å². The lowest BCUT2D eigenvalue weighted by molar-refractivity contribution is 0.0931. The van der Waals surface area contributed by atoms with Gasteiger partial charge in [0.2, 0.25) is 0 Å². The van der Waals surface area contributed by atoms with E-state index in [9.17, 15) is 4.79 Å². The van der Waals surface area contributed by atoms with E-state index in [2.05, 4.69) is 15.5 Å². The van der Waals surface area contributed by atoms with Crippen LogP contribution in [0.2, 0.25) is 5.02 Å². The van der Waals surface area contributed by atoms with Gasteiger partial charge < -0.3 is 10.4 Å². The second kappa shape index (κ2) is 7.24. The molecule has 112 valence electrons. The molecule has 2 aromatic rings. The standard InChI is InChI=1S/C15H18ClN3O2/c1-10(3-2-8-20)17-15(21)14-9-13(18-19-14)11-4-6-12(16)7-5-11/h4-7,9-10,20H,2-3,8H2,1H3,(H,17,21)(H,18,19). The lowest BCUT2D eigenvalue weighted by Gasteiger charge is -2.11. The Morgan fingerprint density at radius 3 is 2.81 bits per heavy atom. The second-order valence-electron chi connectivity index (χ2n) is 4.91. The molecule has 3 N–H and O–H groups in total. The van der Waals surface area contributed by atoms with Crippen molar-refractivity contribution in [3.05, 3.63) is 41.0 Å². The van der Waals surface area contributed by atoms with E-state index in [0.29, 0.717) is 22.8 Å². The number of hydrogen-bond donors (Lipinski definition) is 3. The number of aliphatic hydroxyl groups excluding tert-OH is 1. The van der Waals surface area contributed by atoms with Crippen molar-refractivity contribution in [1.82, 2.24) is 15.5 Å². The Morgan fingerprint density at radius 1 is 1.43 bits per heavy atom. The first-order chi connectivity index (χ1) is 10.1. The van der Waals surface area contributed by atoms with Gasteiger partial charge in [0.05, 0.1) is 5.69 Å². The number of aromatic nitrogens is 2. The molecule has 0 aliphatic carbocycles. The Bertz CT molecular complexity index is 595. The van der Waals surface area contributed by atoms with Gasteiger partial charge in [-0.2, -0.15) is 5.10 Å². The number of nitrogens with zero attached hydrogens (tertiary/aromatic N) is 1. The Labute approximate surface area is 128 Å². The Morgan fingerprint density at radius 2 is 2.14 bits per heavy atom. The normalized spacial score (nSPS) is 12.1. The van der Waals surface area contributed by atoms with Crippen molar-refractivity contribution in [2.75, 3.05) is 6.61 Å². The maximum atomic E-state index is 12.1. The van der Waals surface area contributed by atoms with E-state index >= 15 is 0 Å². The van der Waals surface area contributed by atoms with E-state index in [-0.39, 0.29) is 18.6 Å². The van der Waals surface area contributed by atoms with Gasteiger partial charge in [0.1, 0.15) is 5.69 Å². The highest BCUT2D eigenvalue weighted by Gasteiger charge is 2.13. The third-order valence-electron chi connectivity index (χ3n) is 3.14. The molecule has 0 aliphatic rings. The topological polar surface area (TPSA) is 78.0 Å². The number of aromatic amines is 1. The molecule has 0 saturated carbocycles. The molecule has 1 aromatic heterocycles. The molecule has 0 saturated heterocycles. The average molecular weight is 308 g/mol. The van der Waals surface area contributed by atoms with Gasteiger partial charge in [-0.15, -0.1) is 0 Å². The third kappa shape index (κ3) is 4.31. The Hall–Kier alpha value is -1.85. The monoisotopic (exact) mass is 307 g/mol. The highest BCUT2D eigenvalue weighted by Crippen LogP contribution is 2.20. The van der Waals surface area contributed by atoms with Crippen LogP contribution in [0.4, 0.5) is 0 Å². The molecule has 0 fully saturated rings. The Balaban J connectivity index is 2.02. The predicted molar refractivity (Wildman–Crippen MR) is 82.3 cm³/mol. The van der Waals surface area contributed by atoms with Gasteiger partial charge in [-0.3, -0.25) is 9.89 Å². The number of hydrogen-bond acceptors (Lipinski definition) is 3. The quantitative estimate of drug-likeness (QED) is 0.767. The smallest absolute Gasteiger partial charge is 0.269 e. The number of aliphatic hydroxyl groups is 1. The highest BCUT2D eigenvalue weighted by molar-refractivity contribution is 6.30. The van der Waals surface area contributed by atoms with Crippen LogP contribution >= 0.6 is 11.6 Å². The SMILES string of the molecule is CC(CCCO)NC(=O)c1cc(-c2ccc(Cl)cc2)n[nH]1. The second-order valence-corrected chi connectivity index (χ2v) is 5.35. The van der Waals surface area contributed by atoms with Crippen LogP contribution in [0.5, 0.6) is 0 Å². The maximum Gasteiger partial charge on any atom is 0.269 e. The summed E-state index contributed by atoms with van der Waals surface area (Å²) in [7, 11) is 0. The lowest BCUT2D eigenvalue weighted by Crippen LogP contribution is -2.32. The number of benzene rings is 1. The molecule has 1 aromatic carbocycles. The summed E-state index contributed by atoms with van der Waals surface area (Å²) in [5.74, 6) is -0.201. The van der Waals surface area contributed by atoms with Crippen molar-refractivity contribution in [3.8, 4) is 11.3 Å². The molecule has 1 atom stereocenters. The van der Waals surface area contributed by atoms with Crippen molar-refractivity contribution in [2.45, 2.75) is 25.8 Å².